The Morgan fingerprint density at radius 2 is 1.93 bits per heavy atom. The van der Waals surface area contributed by atoms with E-state index in [0.717, 1.165) is 27.4 Å². The highest BCUT2D eigenvalue weighted by Crippen LogP contribution is 2.34. The summed E-state index contributed by atoms with van der Waals surface area (Å²) in [5.41, 5.74) is 1.80. The molecule has 0 N–H and O–H groups in total. The zero-order chi connectivity index (χ0) is 19.4. The summed E-state index contributed by atoms with van der Waals surface area (Å²) in [6, 6.07) is 12.9. The van der Waals surface area contributed by atoms with Crippen LogP contribution in [-0.4, -0.2) is 22.6 Å². The SMILES string of the molecule is C=CCN1C(=O)S/C(=C/c2ccc(OCc3ccc(Cl)cc3)c(Br)c2)C1=O. The van der Waals surface area contributed by atoms with Gasteiger partial charge in [-0.3, -0.25) is 14.5 Å². The van der Waals surface area contributed by atoms with Crippen LogP contribution < -0.4 is 4.74 Å². The first-order valence-electron chi connectivity index (χ1n) is 8.01. The highest BCUT2D eigenvalue weighted by Gasteiger charge is 2.34. The summed E-state index contributed by atoms with van der Waals surface area (Å²) >= 11 is 10.3. The average Bonchev–Trinajstić information content (AvgIpc) is 2.90. The molecule has 1 saturated heterocycles. The van der Waals surface area contributed by atoms with Gasteiger partial charge >= 0.3 is 0 Å². The molecule has 138 valence electrons. The van der Waals surface area contributed by atoms with Crippen LogP contribution in [0, 0.1) is 0 Å². The standard InChI is InChI=1S/C20H15BrClNO3S/c1-2-9-23-19(24)18(27-20(23)25)11-14-5-8-17(16(21)10-14)26-12-13-3-6-15(22)7-4-13/h2-8,10-11H,1,9,12H2/b18-11+. The van der Waals surface area contributed by atoms with Crippen molar-refractivity contribution in [2.45, 2.75) is 6.61 Å². The molecular weight excluding hydrogens is 450 g/mol. The minimum Gasteiger partial charge on any atom is -0.488 e. The number of benzene rings is 2. The fraction of sp³-hybridized carbons (Fsp3) is 0.100. The maximum absolute atomic E-state index is 12.3. The lowest BCUT2D eigenvalue weighted by atomic mass is 10.2. The van der Waals surface area contributed by atoms with Crippen LogP contribution in [0.1, 0.15) is 11.1 Å². The molecule has 2 aromatic carbocycles. The van der Waals surface area contributed by atoms with Crippen LogP contribution in [0.25, 0.3) is 6.08 Å². The predicted molar refractivity (Wildman–Crippen MR) is 113 cm³/mol. The smallest absolute Gasteiger partial charge is 0.293 e. The summed E-state index contributed by atoms with van der Waals surface area (Å²) in [7, 11) is 0. The Labute approximate surface area is 175 Å². The van der Waals surface area contributed by atoms with Crippen molar-refractivity contribution in [2.24, 2.45) is 0 Å². The number of hydrogen-bond acceptors (Lipinski definition) is 4. The topological polar surface area (TPSA) is 46.6 Å². The molecule has 4 nitrogen and oxygen atoms in total. The Kier molecular flexibility index (Phi) is 6.42. The molecule has 0 saturated carbocycles. The van der Waals surface area contributed by atoms with E-state index in [4.69, 9.17) is 16.3 Å². The normalized spacial score (nSPS) is 15.5. The number of hydrogen-bond donors (Lipinski definition) is 0. The van der Waals surface area contributed by atoms with Gasteiger partial charge < -0.3 is 4.74 Å². The number of amides is 2. The number of carbonyl (C=O) groups is 2. The van der Waals surface area contributed by atoms with E-state index in [1.165, 1.54) is 11.0 Å². The maximum atomic E-state index is 12.3. The fourth-order valence-electron chi connectivity index (χ4n) is 2.40. The number of ether oxygens (including phenoxy) is 1. The van der Waals surface area contributed by atoms with Gasteiger partial charge in [0.2, 0.25) is 0 Å². The van der Waals surface area contributed by atoms with Gasteiger partial charge in [0.25, 0.3) is 11.1 Å². The summed E-state index contributed by atoms with van der Waals surface area (Å²) in [5, 5.41) is 0.398. The van der Waals surface area contributed by atoms with Crippen molar-refractivity contribution in [3.63, 3.8) is 0 Å². The molecule has 1 aliphatic heterocycles. The van der Waals surface area contributed by atoms with E-state index < -0.39 is 0 Å². The van der Waals surface area contributed by atoms with Crippen molar-refractivity contribution in [1.82, 2.24) is 4.90 Å². The molecule has 0 aliphatic carbocycles. The summed E-state index contributed by atoms with van der Waals surface area (Å²) in [6.07, 6.45) is 3.23. The van der Waals surface area contributed by atoms with Crippen molar-refractivity contribution in [3.05, 3.63) is 80.6 Å². The van der Waals surface area contributed by atoms with Gasteiger partial charge in [0.15, 0.2) is 0 Å². The molecule has 0 aromatic heterocycles. The third-order valence-electron chi connectivity index (χ3n) is 3.75. The highest BCUT2D eigenvalue weighted by atomic mass is 79.9. The van der Waals surface area contributed by atoms with Gasteiger partial charge in [-0.15, -0.1) is 6.58 Å². The van der Waals surface area contributed by atoms with E-state index in [-0.39, 0.29) is 17.7 Å². The van der Waals surface area contributed by atoms with Crippen LogP contribution in [0.3, 0.4) is 0 Å². The molecule has 0 radical (unpaired) electrons. The van der Waals surface area contributed by atoms with Gasteiger partial charge in [-0.2, -0.15) is 0 Å². The lowest BCUT2D eigenvalue weighted by Crippen LogP contribution is -2.27. The van der Waals surface area contributed by atoms with Crippen LogP contribution in [0.15, 0.2) is 64.5 Å². The van der Waals surface area contributed by atoms with Crippen molar-refractivity contribution in [3.8, 4) is 5.75 Å². The third kappa shape index (κ3) is 4.83. The first-order valence-corrected chi connectivity index (χ1v) is 9.99. The van der Waals surface area contributed by atoms with Gasteiger partial charge in [0.1, 0.15) is 12.4 Å². The van der Waals surface area contributed by atoms with Crippen LogP contribution in [0.5, 0.6) is 5.75 Å². The van der Waals surface area contributed by atoms with Gasteiger partial charge in [0, 0.05) is 11.6 Å². The van der Waals surface area contributed by atoms with Crippen molar-refractivity contribution in [2.75, 3.05) is 6.54 Å². The second-order valence-electron chi connectivity index (χ2n) is 5.69. The molecule has 0 spiro atoms. The third-order valence-corrected chi connectivity index (χ3v) is 5.53. The van der Waals surface area contributed by atoms with Crippen molar-refractivity contribution >= 4 is 56.5 Å². The Morgan fingerprint density at radius 1 is 1.19 bits per heavy atom. The van der Waals surface area contributed by atoms with E-state index in [0.29, 0.717) is 22.3 Å². The number of rotatable bonds is 6. The molecule has 1 aliphatic rings. The van der Waals surface area contributed by atoms with Crippen molar-refractivity contribution < 1.29 is 14.3 Å². The quantitative estimate of drug-likeness (QED) is 0.394. The van der Waals surface area contributed by atoms with E-state index in [9.17, 15) is 9.59 Å². The van der Waals surface area contributed by atoms with Crippen LogP contribution in [0.4, 0.5) is 4.79 Å². The Morgan fingerprint density at radius 3 is 2.59 bits per heavy atom. The molecule has 3 rings (SSSR count). The summed E-state index contributed by atoms with van der Waals surface area (Å²) in [4.78, 5) is 25.7. The summed E-state index contributed by atoms with van der Waals surface area (Å²) in [5.74, 6) is 0.381. The molecular formula is C20H15BrClNO3S. The summed E-state index contributed by atoms with van der Waals surface area (Å²) in [6.45, 7) is 4.19. The molecule has 2 amide bonds. The maximum Gasteiger partial charge on any atom is 0.293 e. The Hall–Kier alpha value is -2.02. The lowest BCUT2D eigenvalue weighted by molar-refractivity contribution is -0.122. The zero-order valence-electron chi connectivity index (χ0n) is 14.2. The average molecular weight is 465 g/mol. The minimum atomic E-state index is -0.302. The Bertz CT molecular complexity index is 927. The first kappa shape index (κ1) is 19.7. The minimum absolute atomic E-state index is 0.211. The van der Waals surface area contributed by atoms with E-state index in [1.807, 2.05) is 42.5 Å². The molecule has 0 unspecified atom stereocenters. The zero-order valence-corrected chi connectivity index (χ0v) is 17.3. The molecule has 1 heterocycles. The second-order valence-corrected chi connectivity index (χ2v) is 7.97. The molecule has 0 atom stereocenters. The highest BCUT2D eigenvalue weighted by molar-refractivity contribution is 9.10. The van der Waals surface area contributed by atoms with E-state index >= 15 is 0 Å². The van der Waals surface area contributed by atoms with Crippen LogP contribution >= 0.6 is 39.3 Å². The second kappa shape index (κ2) is 8.78. The number of imide groups is 1. The van der Waals surface area contributed by atoms with E-state index in [1.54, 1.807) is 6.08 Å². The number of thioether (sulfide) groups is 1. The number of nitrogens with zero attached hydrogens (tertiary/aromatic N) is 1. The molecule has 7 heteroatoms. The van der Waals surface area contributed by atoms with Gasteiger partial charge in [0.05, 0.1) is 9.38 Å². The molecule has 1 fully saturated rings. The largest absolute Gasteiger partial charge is 0.488 e. The number of carbonyl (C=O) groups excluding carboxylic acids is 2. The van der Waals surface area contributed by atoms with Crippen LogP contribution in [0.2, 0.25) is 5.02 Å². The molecule has 0 bridgehead atoms. The van der Waals surface area contributed by atoms with E-state index in [2.05, 4.69) is 22.5 Å². The molecule has 2 aromatic rings. The predicted octanol–water partition coefficient (Wildman–Crippen LogP) is 5.90. The fourth-order valence-corrected chi connectivity index (χ4v) is 3.89. The number of halogens is 2. The lowest BCUT2D eigenvalue weighted by Gasteiger charge is -2.09. The summed E-state index contributed by atoms with van der Waals surface area (Å²) < 4.78 is 6.58. The van der Waals surface area contributed by atoms with Crippen LogP contribution in [-0.2, 0) is 11.4 Å². The van der Waals surface area contributed by atoms with Gasteiger partial charge in [-0.05, 0) is 69.2 Å². The van der Waals surface area contributed by atoms with Crippen molar-refractivity contribution in [1.29, 1.82) is 0 Å². The monoisotopic (exact) mass is 463 g/mol. The van der Waals surface area contributed by atoms with Gasteiger partial charge in [-0.25, -0.2) is 0 Å². The first-order chi connectivity index (χ1) is 13.0. The van der Waals surface area contributed by atoms with Gasteiger partial charge in [-0.1, -0.05) is 35.9 Å². The Balaban J connectivity index is 1.71. The molecule has 27 heavy (non-hydrogen) atoms.